The van der Waals surface area contributed by atoms with Crippen molar-refractivity contribution < 1.29 is 19.4 Å². The van der Waals surface area contributed by atoms with E-state index in [-0.39, 0.29) is 6.61 Å². The van der Waals surface area contributed by atoms with Crippen molar-refractivity contribution in [2.75, 3.05) is 13.7 Å². The largest absolute Gasteiger partial charge is 0.465 e. The van der Waals surface area contributed by atoms with E-state index < -0.39 is 29.0 Å². The summed E-state index contributed by atoms with van der Waals surface area (Å²) in [6.45, 7) is 6.97. The van der Waals surface area contributed by atoms with Crippen LogP contribution in [0.25, 0.3) is 0 Å². The number of carbonyl (C=O) groups is 1. The van der Waals surface area contributed by atoms with Crippen molar-refractivity contribution in [3.8, 4) is 12.1 Å². The molecule has 0 radical (unpaired) electrons. The number of nitriles is 2. The fraction of sp³-hybridized carbons (Fsp3) is 0.647. The van der Waals surface area contributed by atoms with E-state index in [1.807, 2.05) is 26.0 Å². The fourth-order valence-electron chi connectivity index (χ4n) is 2.40. The summed E-state index contributed by atoms with van der Waals surface area (Å²) in [6, 6.07) is 3.72. The number of aliphatic hydroxyl groups is 1. The van der Waals surface area contributed by atoms with E-state index >= 15 is 0 Å². The maximum atomic E-state index is 12.5. The summed E-state index contributed by atoms with van der Waals surface area (Å²) in [5, 5.41) is 30.6. The van der Waals surface area contributed by atoms with Crippen LogP contribution in [-0.2, 0) is 26.1 Å². The van der Waals surface area contributed by atoms with E-state index in [2.05, 4.69) is 4.98 Å². The number of methoxy groups -OCH3 is 1. The first-order valence-electron chi connectivity index (χ1n) is 7.79. The lowest BCUT2D eigenvalue weighted by Gasteiger charge is -2.28. The topological polar surface area (TPSA) is 116 Å². The Bertz CT molecular complexity index is 675. The molecule has 8 heteroatoms. The number of aromatic nitrogens is 1. The zero-order chi connectivity index (χ0) is 19.3. The highest BCUT2D eigenvalue weighted by atomic mass is 32.1. The normalized spacial score (nSPS) is 15.1. The molecule has 2 atom stereocenters. The molecular weight excluding hydrogens is 342 g/mol. The van der Waals surface area contributed by atoms with E-state index in [1.54, 1.807) is 12.3 Å². The molecule has 25 heavy (non-hydrogen) atoms. The molecule has 0 saturated carbocycles. The summed E-state index contributed by atoms with van der Waals surface area (Å²) in [7, 11) is 1.42. The third-order valence-electron chi connectivity index (χ3n) is 4.06. The first-order chi connectivity index (χ1) is 11.7. The van der Waals surface area contributed by atoms with Gasteiger partial charge in [0.05, 0.1) is 24.4 Å². The van der Waals surface area contributed by atoms with Crippen LogP contribution < -0.4 is 0 Å². The van der Waals surface area contributed by atoms with Crippen molar-refractivity contribution in [1.29, 1.82) is 10.5 Å². The minimum absolute atomic E-state index is 0.142. The standard InChI is InChI=1S/C17H23N3O4S/c1-6-24-15(22)17(4,11(8-18)9-19)13-20-12(10-25-13)7-16(2,3)14(21)23-5/h10-11,14,21H,6-7H2,1-5H3. The molecule has 0 spiro atoms. The summed E-state index contributed by atoms with van der Waals surface area (Å²) in [5.41, 5.74) is -1.41. The van der Waals surface area contributed by atoms with Crippen molar-refractivity contribution >= 4 is 17.3 Å². The van der Waals surface area contributed by atoms with Crippen LogP contribution in [0.2, 0.25) is 0 Å². The molecule has 1 aromatic heterocycles. The third kappa shape index (κ3) is 4.35. The number of esters is 1. The van der Waals surface area contributed by atoms with E-state index in [9.17, 15) is 20.4 Å². The molecule has 1 rings (SSSR count). The number of rotatable bonds is 8. The summed E-state index contributed by atoms with van der Waals surface area (Å²) in [5.74, 6) is -1.87. The Morgan fingerprint density at radius 2 is 2.00 bits per heavy atom. The van der Waals surface area contributed by atoms with E-state index in [0.717, 1.165) is 0 Å². The highest BCUT2D eigenvalue weighted by Crippen LogP contribution is 2.37. The number of ether oxygens (including phenoxy) is 2. The van der Waals surface area contributed by atoms with Crippen molar-refractivity contribution in [1.82, 2.24) is 4.98 Å². The average molecular weight is 365 g/mol. The van der Waals surface area contributed by atoms with Gasteiger partial charge in [-0.1, -0.05) is 13.8 Å². The zero-order valence-electron chi connectivity index (χ0n) is 15.1. The van der Waals surface area contributed by atoms with Crippen LogP contribution >= 0.6 is 11.3 Å². The maximum absolute atomic E-state index is 12.5. The Kier molecular flexibility index (Phi) is 7.06. The highest BCUT2D eigenvalue weighted by molar-refractivity contribution is 7.10. The molecule has 0 aromatic carbocycles. The number of aliphatic hydroxyl groups excluding tert-OH is 1. The van der Waals surface area contributed by atoms with Gasteiger partial charge in [-0.05, 0) is 13.8 Å². The lowest BCUT2D eigenvalue weighted by Crippen LogP contribution is -2.41. The third-order valence-corrected chi connectivity index (χ3v) is 5.19. The maximum Gasteiger partial charge on any atom is 0.321 e. The molecule has 0 aliphatic rings. The first kappa shape index (κ1) is 21.0. The summed E-state index contributed by atoms with van der Waals surface area (Å²) in [6.07, 6.45) is -0.568. The smallest absolute Gasteiger partial charge is 0.321 e. The molecule has 1 heterocycles. The second kappa shape index (κ2) is 8.39. The predicted octanol–water partition coefficient (Wildman–Crippen LogP) is 2.16. The van der Waals surface area contributed by atoms with Crippen molar-refractivity contribution in [3.05, 3.63) is 16.1 Å². The quantitative estimate of drug-likeness (QED) is 0.554. The molecule has 0 fully saturated rings. The Labute approximate surface area is 151 Å². The summed E-state index contributed by atoms with van der Waals surface area (Å²) < 4.78 is 10.1. The van der Waals surface area contributed by atoms with E-state index in [4.69, 9.17) is 9.47 Å². The molecule has 0 amide bonds. The van der Waals surface area contributed by atoms with Crippen molar-refractivity contribution in [2.45, 2.75) is 45.8 Å². The monoisotopic (exact) mass is 365 g/mol. The molecule has 0 aliphatic carbocycles. The van der Waals surface area contributed by atoms with Crippen LogP contribution in [-0.4, -0.2) is 36.1 Å². The highest BCUT2D eigenvalue weighted by Gasteiger charge is 2.48. The molecule has 1 aromatic rings. The van der Waals surface area contributed by atoms with Gasteiger partial charge in [0.25, 0.3) is 0 Å². The van der Waals surface area contributed by atoms with Gasteiger partial charge in [-0.15, -0.1) is 11.3 Å². The Hall–Kier alpha value is -2.00. The van der Waals surface area contributed by atoms with Crippen molar-refractivity contribution in [3.63, 3.8) is 0 Å². The second-order valence-corrected chi connectivity index (χ2v) is 7.37. The average Bonchev–Trinajstić information content (AvgIpc) is 3.03. The summed E-state index contributed by atoms with van der Waals surface area (Å²) >= 11 is 1.19. The summed E-state index contributed by atoms with van der Waals surface area (Å²) in [4.78, 5) is 16.9. The van der Waals surface area contributed by atoms with Gasteiger partial charge in [0.15, 0.2) is 12.2 Å². The SMILES string of the molecule is CCOC(=O)C(C)(c1nc(CC(C)(C)C(O)OC)cs1)C(C#N)C#N. The molecule has 0 bridgehead atoms. The van der Waals surface area contributed by atoms with Crippen LogP contribution in [0.1, 0.15) is 38.4 Å². The molecule has 1 N–H and O–H groups in total. The molecule has 2 unspecified atom stereocenters. The van der Waals surface area contributed by atoms with Gasteiger partial charge in [-0.2, -0.15) is 10.5 Å². The number of hydrogen-bond acceptors (Lipinski definition) is 8. The van der Waals surface area contributed by atoms with Gasteiger partial charge in [0, 0.05) is 24.3 Å². The van der Waals surface area contributed by atoms with Gasteiger partial charge in [-0.3, -0.25) is 4.79 Å². The minimum Gasteiger partial charge on any atom is -0.465 e. The second-order valence-electron chi connectivity index (χ2n) is 6.51. The molecule has 7 nitrogen and oxygen atoms in total. The lowest BCUT2D eigenvalue weighted by molar-refractivity contribution is -0.150. The first-order valence-corrected chi connectivity index (χ1v) is 8.67. The Morgan fingerprint density at radius 3 is 2.48 bits per heavy atom. The predicted molar refractivity (Wildman–Crippen MR) is 91.3 cm³/mol. The zero-order valence-corrected chi connectivity index (χ0v) is 15.9. The molecule has 136 valence electrons. The van der Waals surface area contributed by atoms with Gasteiger partial charge < -0.3 is 14.6 Å². The Balaban J connectivity index is 3.24. The van der Waals surface area contributed by atoms with Crippen LogP contribution in [0, 0.1) is 34.0 Å². The Morgan fingerprint density at radius 1 is 1.40 bits per heavy atom. The van der Waals surface area contributed by atoms with Crippen LogP contribution in [0.4, 0.5) is 0 Å². The van der Waals surface area contributed by atoms with Gasteiger partial charge in [0.2, 0.25) is 0 Å². The molecule has 0 saturated heterocycles. The number of hydrogen-bond donors (Lipinski definition) is 1. The van der Waals surface area contributed by atoms with Gasteiger partial charge >= 0.3 is 5.97 Å². The van der Waals surface area contributed by atoms with Crippen LogP contribution in [0.3, 0.4) is 0 Å². The minimum atomic E-state index is -1.47. The van der Waals surface area contributed by atoms with E-state index in [0.29, 0.717) is 17.1 Å². The molecule has 0 aliphatic heterocycles. The number of thiazole rings is 1. The fourth-order valence-corrected chi connectivity index (χ4v) is 3.40. The van der Waals surface area contributed by atoms with Crippen LogP contribution in [0.15, 0.2) is 5.38 Å². The van der Waals surface area contributed by atoms with Crippen molar-refractivity contribution in [2.24, 2.45) is 11.3 Å². The molecular formula is C17H23N3O4S. The van der Waals surface area contributed by atoms with Crippen LogP contribution in [0.5, 0.6) is 0 Å². The van der Waals surface area contributed by atoms with Gasteiger partial charge in [-0.25, -0.2) is 4.98 Å². The van der Waals surface area contributed by atoms with E-state index in [1.165, 1.54) is 25.4 Å². The van der Waals surface area contributed by atoms with Gasteiger partial charge in [0.1, 0.15) is 10.4 Å². The number of carbonyl (C=O) groups excluding carboxylic acids is 1. The number of nitrogens with zero attached hydrogens (tertiary/aromatic N) is 3. The lowest BCUT2D eigenvalue weighted by atomic mass is 9.79.